The predicted octanol–water partition coefficient (Wildman–Crippen LogP) is 3.60. The van der Waals surface area contributed by atoms with E-state index < -0.39 is 0 Å². The molecular weight excluding hydrogens is 346 g/mol. The Morgan fingerprint density at radius 1 is 1.12 bits per heavy atom. The van der Waals surface area contributed by atoms with Gasteiger partial charge < -0.3 is 10.6 Å². The predicted molar refractivity (Wildman–Crippen MR) is 108 cm³/mol. The van der Waals surface area contributed by atoms with Crippen molar-refractivity contribution in [1.29, 1.82) is 0 Å². The number of fused-ring (bicyclic) bond motifs is 1. The lowest BCUT2D eigenvalue weighted by atomic mass is 10.1. The molecule has 0 saturated carbocycles. The fourth-order valence-electron chi connectivity index (χ4n) is 2.61. The van der Waals surface area contributed by atoms with Gasteiger partial charge >= 0.3 is 0 Å². The zero-order valence-electron chi connectivity index (χ0n) is 14.8. The van der Waals surface area contributed by atoms with Gasteiger partial charge in [-0.3, -0.25) is 4.79 Å². The first-order valence-electron chi connectivity index (χ1n) is 8.60. The molecule has 3 aromatic rings. The van der Waals surface area contributed by atoms with Crippen molar-refractivity contribution in [3.8, 4) is 5.69 Å². The van der Waals surface area contributed by atoms with E-state index in [4.69, 9.17) is 12.2 Å². The Bertz CT molecular complexity index is 933. The van der Waals surface area contributed by atoms with Gasteiger partial charge in [-0.25, -0.2) is 0 Å². The van der Waals surface area contributed by atoms with Gasteiger partial charge in [-0.1, -0.05) is 25.5 Å². The number of carbonyl (C=O) groups excluding carboxylic acids is 1. The van der Waals surface area contributed by atoms with Gasteiger partial charge in [0, 0.05) is 12.6 Å². The molecule has 134 valence electrons. The van der Waals surface area contributed by atoms with Gasteiger partial charge in [0.2, 0.25) is 5.91 Å². The van der Waals surface area contributed by atoms with Crippen LogP contribution in [0.15, 0.2) is 42.5 Å². The fourth-order valence-corrected chi connectivity index (χ4v) is 2.87. The Morgan fingerprint density at radius 2 is 1.85 bits per heavy atom. The topological polar surface area (TPSA) is 71.8 Å². The van der Waals surface area contributed by atoms with Crippen molar-refractivity contribution >= 4 is 40.0 Å². The number of hydrogen-bond donors (Lipinski definition) is 2. The van der Waals surface area contributed by atoms with E-state index >= 15 is 0 Å². The van der Waals surface area contributed by atoms with Crippen LogP contribution in [0.2, 0.25) is 0 Å². The zero-order valence-corrected chi connectivity index (χ0v) is 15.6. The quantitative estimate of drug-likeness (QED) is 0.674. The average Bonchev–Trinajstić information content (AvgIpc) is 3.03. The zero-order chi connectivity index (χ0) is 18.5. The summed E-state index contributed by atoms with van der Waals surface area (Å²) in [5, 5.41) is 14.8. The molecule has 0 aliphatic carbocycles. The van der Waals surface area contributed by atoms with Crippen LogP contribution in [0, 0.1) is 0 Å². The van der Waals surface area contributed by atoms with Gasteiger partial charge in [-0.05, 0) is 61.0 Å². The summed E-state index contributed by atoms with van der Waals surface area (Å²) in [4.78, 5) is 12.7. The Morgan fingerprint density at radius 3 is 2.54 bits per heavy atom. The van der Waals surface area contributed by atoms with Crippen LogP contribution in [0.25, 0.3) is 16.7 Å². The molecule has 0 unspecified atom stereocenters. The lowest BCUT2D eigenvalue weighted by molar-refractivity contribution is -0.117. The van der Waals surface area contributed by atoms with E-state index in [0.29, 0.717) is 0 Å². The normalized spacial score (nSPS) is 10.7. The second-order valence-electron chi connectivity index (χ2n) is 6.10. The van der Waals surface area contributed by atoms with Gasteiger partial charge in [0.15, 0.2) is 5.11 Å². The highest BCUT2D eigenvalue weighted by Gasteiger charge is 2.07. The van der Waals surface area contributed by atoms with Gasteiger partial charge in [0.1, 0.15) is 11.0 Å². The number of amides is 1. The fraction of sp³-hybridized carbons (Fsp3) is 0.263. The molecule has 2 aromatic carbocycles. The summed E-state index contributed by atoms with van der Waals surface area (Å²) in [5.41, 5.74) is 4.53. The number of nitrogens with zero attached hydrogens (tertiary/aromatic N) is 3. The molecule has 0 saturated heterocycles. The number of hydrogen-bond acceptors (Lipinski definition) is 4. The molecule has 1 aromatic heterocycles. The lowest BCUT2D eigenvalue weighted by Crippen LogP contribution is -2.32. The Hall–Kier alpha value is -2.80. The standard InChI is InChI=1S/C19H21N5OS/c1-3-4-5-14-6-9-16(10-7-14)24-22-17-11-8-15(12-18(17)23-24)21-19(26)20-13(2)25/h6-12H,3-5H2,1-2H3,(H2,20,21,25,26). The molecule has 0 radical (unpaired) electrons. The molecule has 26 heavy (non-hydrogen) atoms. The molecule has 0 aliphatic rings. The monoisotopic (exact) mass is 367 g/mol. The molecular formula is C19H21N5OS. The maximum absolute atomic E-state index is 11.0. The molecule has 0 aliphatic heterocycles. The summed E-state index contributed by atoms with van der Waals surface area (Å²) in [6.07, 6.45) is 3.48. The molecule has 1 amide bonds. The summed E-state index contributed by atoms with van der Waals surface area (Å²) in [7, 11) is 0. The molecule has 0 atom stereocenters. The molecule has 0 spiro atoms. The second-order valence-corrected chi connectivity index (χ2v) is 6.51. The SMILES string of the molecule is CCCCc1ccc(-n2nc3ccc(NC(=S)NC(C)=O)cc3n2)cc1. The number of unbranched alkanes of at least 4 members (excludes halogenated alkanes) is 1. The summed E-state index contributed by atoms with van der Waals surface area (Å²) in [5.74, 6) is -0.211. The first-order valence-corrected chi connectivity index (χ1v) is 9.01. The minimum Gasteiger partial charge on any atom is -0.332 e. The first-order chi connectivity index (χ1) is 12.5. The number of nitrogens with one attached hydrogen (secondary N) is 2. The molecule has 6 nitrogen and oxygen atoms in total. The smallest absolute Gasteiger partial charge is 0.222 e. The number of thiocarbonyl (C=S) groups is 1. The largest absolute Gasteiger partial charge is 0.332 e. The third-order valence-electron chi connectivity index (χ3n) is 3.91. The van der Waals surface area contributed by atoms with Crippen LogP contribution in [0.4, 0.5) is 5.69 Å². The van der Waals surface area contributed by atoms with Crippen LogP contribution in [0.5, 0.6) is 0 Å². The van der Waals surface area contributed by atoms with Gasteiger partial charge in [0.25, 0.3) is 0 Å². The van der Waals surface area contributed by atoms with Crippen LogP contribution in [0.3, 0.4) is 0 Å². The van der Waals surface area contributed by atoms with Crippen LogP contribution in [-0.4, -0.2) is 26.0 Å². The Balaban J connectivity index is 1.78. The van der Waals surface area contributed by atoms with Crippen LogP contribution in [0.1, 0.15) is 32.3 Å². The number of aryl methyl sites for hydroxylation is 1. The van der Waals surface area contributed by atoms with Crippen molar-refractivity contribution in [2.24, 2.45) is 0 Å². The third kappa shape index (κ3) is 4.43. The molecule has 3 rings (SSSR count). The molecule has 2 N–H and O–H groups in total. The summed E-state index contributed by atoms with van der Waals surface area (Å²) >= 11 is 5.07. The van der Waals surface area contributed by atoms with Crippen LogP contribution in [-0.2, 0) is 11.2 Å². The van der Waals surface area contributed by atoms with E-state index in [9.17, 15) is 4.79 Å². The number of rotatable bonds is 5. The third-order valence-corrected chi connectivity index (χ3v) is 4.12. The van der Waals surface area contributed by atoms with Crippen molar-refractivity contribution in [3.05, 3.63) is 48.0 Å². The van der Waals surface area contributed by atoms with E-state index in [0.717, 1.165) is 28.8 Å². The Labute approximate surface area is 157 Å². The second kappa shape index (κ2) is 8.05. The minimum absolute atomic E-state index is 0.211. The average molecular weight is 367 g/mol. The number of anilines is 1. The number of aromatic nitrogens is 3. The Kier molecular flexibility index (Phi) is 5.58. The molecule has 0 bridgehead atoms. The van der Waals surface area contributed by atoms with E-state index in [1.165, 1.54) is 25.3 Å². The van der Waals surface area contributed by atoms with Gasteiger partial charge in [0.05, 0.1) is 5.69 Å². The van der Waals surface area contributed by atoms with Crippen molar-refractivity contribution in [1.82, 2.24) is 20.3 Å². The van der Waals surface area contributed by atoms with E-state index in [-0.39, 0.29) is 11.0 Å². The molecule has 1 heterocycles. The number of carbonyl (C=O) groups is 1. The van der Waals surface area contributed by atoms with E-state index in [1.54, 1.807) is 4.80 Å². The van der Waals surface area contributed by atoms with Gasteiger partial charge in [-0.15, -0.1) is 10.2 Å². The maximum atomic E-state index is 11.0. The highest BCUT2D eigenvalue weighted by Crippen LogP contribution is 2.18. The van der Waals surface area contributed by atoms with Crippen molar-refractivity contribution in [2.45, 2.75) is 33.1 Å². The minimum atomic E-state index is -0.211. The van der Waals surface area contributed by atoms with Crippen molar-refractivity contribution in [2.75, 3.05) is 5.32 Å². The highest BCUT2D eigenvalue weighted by atomic mass is 32.1. The first kappa shape index (κ1) is 18.0. The summed E-state index contributed by atoms with van der Waals surface area (Å²) < 4.78 is 0. The molecule has 7 heteroatoms. The van der Waals surface area contributed by atoms with Crippen molar-refractivity contribution in [3.63, 3.8) is 0 Å². The van der Waals surface area contributed by atoms with E-state index in [1.807, 2.05) is 30.3 Å². The summed E-state index contributed by atoms with van der Waals surface area (Å²) in [6, 6.07) is 13.9. The molecule has 0 fully saturated rings. The number of benzene rings is 2. The van der Waals surface area contributed by atoms with Crippen LogP contribution < -0.4 is 10.6 Å². The van der Waals surface area contributed by atoms with Crippen molar-refractivity contribution < 1.29 is 4.79 Å². The van der Waals surface area contributed by atoms with Crippen LogP contribution >= 0.6 is 12.2 Å². The van der Waals surface area contributed by atoms with Gasteiger partial charge in [-0.2, -0.15) is 4.80 Å². The highest BCUT2D eigenvalue weighted by molar-refractivity contribution is 7.80. The lowest BCUT2D eigenvalue weighted by Gasteiger charge is -2.07. The summed E-state index contributed by atoms with van der Waals surface area (Å²) in [6.45, 7) is 3.61. The van der Waals surface area contributed by atoms with E-state index in [2.05, 4.69) is 39.9 Å². The maximum Gasteiger partial charge on any atom is 0.222 e.